The molecule has 0 atom stereocenters. The van der Waals surface area contributed by atoms with Gasteiger partial charge in [-0.05, 0) is 43.2 Å². The van der Waals surface area contributed by atoms with E-state index in [9.17, 15) is 13.2 Å². The number of hydrogen-bond donors (Lipinski definition) is 2. The van der Waals surface area contributed by atoms with Gasteiger partial charge in [-0.1, -0.05) is 6.07 Å². The zero-order valence-corrected chi connectivity index (χ0v) is 11.5. The van der Waals surface area contributed by atoms with Crippen molar-refractivity contribution >= 4 is 5.82 Å². The number of pyridine rings is 1. The van der Waals surface area contributed by atoms with Gasteiger partial charge in [0.15, 0.2) is 0 Å². The standard InChI is InChI=1S/C14H14F3N3O/c1-8-3-9(2)5-11(4-8)21-13-7-10(14(15,16)17)6-12(19-13)20-18/h3-7H,18H2,1-2H3,(H,19,20). The Morgan fingerprint density at radius 3 is 2.19 bits per heavy atom. The Hall–Kier alpha value is -2.28. The number of hydrazine groups is 1. The number of aromatic nitrogens is 1. The second kappa shape index (κ2) is 5.61. The molecule has 0 unspecified atom stereocenters. The molecule has 7 heteroatoms. The predicted molar refractivity (Wildman–Crippen MR) is 73.0 cm³/mol. The number of halogens is 3. The second-order valence-corrected chi connectivity index (χ2v) is 4.65. The largest absolute Gasteiger partial charge is 0.439 e. The predicted octanol–water partition coefficient (Wildman–Crippen LogP) is 3.80. The van der Waals surface area contributed by atoms with E-state index in [0.29, 0.717) is 5.75 Å². The van der Waals surface area contributed by atoms with Crippen LogP contribution >= 0.6 is 0 Å². The van der Waals surface area contributed by atoms with Gasteiger partial charge in [0.1, 0.15) is 11.6 Å². The molecule has 1 aromatic heterocycles. The van der Waals surface area contributed by atoms with Crippen molar-refractivity contribution in [2.45, 2.75) is 20.0 Å². The van der Waals surface area contributed by atoms with E-state index in [4.69, 9.17) is 10.6 Å². The number of nitrogens with one attached hydrogen (secondary N) is 1. The second-order valence-electron chi connectivity index (χ2n) is 4.65. The third-order valence-corrected chi connectivity index (χ3v) is 2.69. The number of anilines is 1. The molecule has 0 aliphatic heterocycles. The van der Waals surface area contributed by atoms with Crippen molar-refractivity contribution in [3.63, 3.8) is 0 Å². The van der Waals surface area contributed by atoms with Crippen molar-refractivity contribution in [2.75, 3.05) is 5.43 Å². The zero-order valence-electron chi connectivity index (χ0n) is 11.5. The number of alkyl halides is 3. The van der Waals surface area contributed by atoms with E-state index >= 15 is 0 Å². The lowest BCUT2D eigenvalue weighted by Crippen LogP contribution is -2.12. The number of ether oxygens (including phenoxy) is 1. The monoisotopic (exact) mass is 297 g/mol. The van der Waals surface area contributed by atoms with Crippen LogP contribution in [0.2, 0.25) is 0 Å². The smallest absolute Gasteiger partial charge is 0.416 e. The minimum Gasteiger partial charge on any atom is -0.439 e. The SMILES string of the molecule is Cc1cc(C)cc(Oc2cc(C(F)(F)F)cc(NN)n2)c1. The minimum atomic E-state index is -4.50. The number of rotatable bonds is 3. The Labute approximate surface area is 119 Å². The maximum Gasteiger partial charge on any atom is 0.416 e. The molecule has 0 aliphatic carbocycles. The molecule has 3 N–H and O–H groups in total. The molecule has 2 aromatic rings. The molecular weight excluding hydrogens is 283 g/mol. The summed E-state index contributed by atoms with van der Waals surface area (Å²) in [6.45, 7) is 3.73. The molecule has 2 rings (SSSR count). The Morgan fingerprint density at radius 1 is 1.05 bits per heavy atom. The highest BCUT2D eigenvalue weighted by atomic mass is 19.4. The third-order valence-electron chi connectivity index (χ3n) is 2.69. The molecule has 0 spiro atoms. The van der Waals surface area contributed by atoms with Gasteiger partial charge in [0.05, 0.1) is 5.56 Å². The third kappa shape index (κ3) is 3.85. The van der Waals surface area contributed by atoms with E-state index in [-0.39, 0.29) is 11.7 Å². The molecule has 0 fully saturated rings. The fourth-order valence-electron chi connectivity index (χ4n) is 1.91. The van der Waals surface area contributed by atoms with Crippen LogP contribution in [0, 0.1) is 13.8 Å². The first kappa shape index (κ1) is 15.1. The molecule has 0 aliphatic rings. The van der Waals surface area contributed by atoms with Crippen molar-refractivity contribution in [1.29, 1.82) is 0 Å². The van der Waals surface area contributed by atoms with E-state index < -0.39 is 11.7 Å². The summed E-state index contributed by atoms with van der Waals surface area (Å²) in [6, 6.07) is 7.00. The molecule has 1 aromatic carbocycles. The molecule has 1 heterocycles. The van der Waals surface area contributed by atoms with E-state index in [2.05, 4.69) is 10.4 Å². The average Bonchev–Trinajstić information content (AvgIpc) is 2.36. The van der Waals surface area contributed by atoms with Gasteiger partial charge in [-0.15, -0.1) is 0 Å². The average molecular weight is 297 g/mol. The number of nitrogen functional groups attached to an aromatic ring is 1. The van der Waals surface area contributed by atoms with Crippen molar-refractivity contribution in [2.24, 2.45) is 5.84 Å². The van der Waals surface area contributed by atoms with Crippen LogP contribution in [0.25, 0.3) is 0 Å². The number of aryl methyl sites for hydroxylation is 2. The first-order valence-corrected chi connectivity index (χ1v) is 6.10. The van der Waals surface area contributed by atoms with E-state index in [0.717, 1.165) is 23.3 Å². The molecule has 112 valence electrons. The summed E-state index contributed by atoms with van der Waals surface area (Å²) < 4.78 is 43.8. The van der Waals surface area contributed by atoms with Crippen LogP contribution in [-0.4, -0.2) is 4.98 Å². The Bertz CT molecular complexity index is 636. The minimum absolute atomic E-state index is 0.121. The maximum atomic E-state index is 12.8. The summed E-state index contributed by atoms with van der Waals surface area (Å²) in [6.07, 6.45) is -4.50. The Kier molecular flexibility index (Phi) is 4.04. The van der Waals surface area contributed by atoms with E-state index in [1.54, 1.807) is 12.1 Å². The van der Waals surface area contributed by atoms with Gasteiger partial charge in [-0.2, -0.15) is 18.2 Å². The summed E-state index contributed by atoms with van der Waals surface area (Å²) in [7, 11) is 0. The highest BCUT2D eigenvalue weighted by Gasteiger charge is 2.32. The van der Waals surface area contributed by atoms with Crippen LogP contribution in [-0.2, 0) is 6.18 Å². The van der Waals surface area contributed by atoms with Crippen LogP contribution in [0.5, 0.6) is 11.6 Å². The molecule has 0 saturated heterocycles. The van der Waals surface area contributed by atoms with Crippen LogP contribution in [0.4, 0.5) is 19.0 Å². The molecular formula is C14H14F3N3O. The van der Waals surface area contributed by atoms with Crippen LogP contribution < -0.4 is 16.0 Å². The summed E-state index contributed by atoms with van der Waals surface area (Å²) in [5.41, 5.74) is 3.09. The molecule has 0 amide bonds. The maximum absolute atomic E-state index is 12.8. The Morgan fingerprint density at radius 2 is 1.67 bits per heavy atom. The summed E-state index contributed by atoms with van der Waals surface area (Å²) in [5.74, 6) is 5.26. The van der Waals surface area contributed by atoms with Gasteiger partial charge >= 0.3 is 6.18 Å². The van der Waals surface area contributed by atoms with Gasteiger partial charge in [0, 0.05) is 6.07 Å². The lowest BCUT2D eigenvalue weighted by molar-refractivity contribution is -0.137. The first-order chi connectivity index (χ1) is 9.77. The topological polar surface area (TPSA) is 60.2 Å². The van der Waals surface area contributed by atoms with Gasteiger partial charge in [0.2, 0.25) is 5.88 Å². The van der Waals surface area contributed by atoms with E-state index in [1.807, 2.05) is 19.9 Å². The number of nitrogens with zero attached hydrogens (tertiary/aromatic N) is 1. The lowest BCUT2D eigenvalue weighted by Gasteiger charge is -2.12. The van der Waals surface area contributed by atoms with Crippen LogP contribution in [0.3, 0.4) is 0 Å². The van der Waals surface area contributed by atoms with Crippen molar-refractivity contribution < 1.29 is 17.9 Å². The molecule has 0 radical (unpaired) electrons. The van der Waals surface area contributed by atoms with E-state index in [1.165, 1.54) is 0 Å². The van der Waals surface area contributed by atoms with Crippen LogP contribution in [0.15, 0.2) is 30.3 Å². The summed E-state index contributed by atoms with van der Waals surface area (Å²) >= 11 is 0. The van der Waals surface area contributed by atoms with Gasteiger partial charge < -0.3 is 10.2 Å². The quantitative estimate of drug-likeness (QED) is 0.668. The highest BCUT2D eigenvalue weighted by molar-refractivity contribution is 5.43. The number of hydrogen-bond acceptors (Lipinski definition) is 4. The van der Waals surface area contributed by atoms with Crippen molar-refractivity contribution in [3.05, 3.63) is 47.0 Å². The normalized spacial score (nSPS) is 11.3. The molecule has 4 nitrogen and oxygen atoms in total. The molecule has 21 heavy (non-hydrogen) atoms. The van der Waals surface area contributed by atoms with Crippen molar-refractivity contribution in [3.8, 4) is 11.6 Å². The molecule has 0 saturated carbocycles. The zero-order chi connectivity index (χ0) is 15.6. The lowest BCUT2D eigenvalue weighted by atomic mass is 10.1. The fraction of sp³-hybridized carbons (Fsp3) is 0.214. The summed E-state index contributed by atoms with van der Waals surface area (Å²) in [4.78, 5) is 3.86. The van der Waals surface area contributed by atoms with Gasteiger partial charge in [-0.25, -0.2) is 5.84 Å². The van der Waals surface area contributed by atoms with Gasteiger partial charge in [0.25, 0.3) is 0 Å². The number of nitrogens with two attached hydrogens (primary N) is 1. The Balaban J connectivity index is 2.39. The first-order valence-electron chi connectivity index (χ1n) is 6.10. The fourth-order valence-corrected chi connectivity index (χ4v) is 1.91. The van der Waals surface area contributed by atoms with Crippen LogP contribution in [0.1, 0.15) is 16.7 Å². The number of benzene rings is 1. The molecule has 0 bridgehead atoms. The van der Waals surface area contributed by atoms with Crippen molar-refractivity contribution in [1.82, 2.24) is 4.98 Å². The summed E-state index contributed by atoms with van der Waals surface area (Å²) in [5, 5.41) is 0. The van der Waals surface area contributed by atoms with Gasteiger partial charge in [-0.3, -0.25) is 0 Å². The highest BCUT2D eigenvalue weighted by Crippen LogP contribution is 2.33.